The van der Waals surface area contributed by atoms with Gasteiger partial charge in [0.25, 0.3) is 0 Å². The van der Waals surface area contributed by atoms with E-state index in [0.717, 1.165) is 36.7 Å². The summed E-state index contributed by atoms with van der Waals surface area (Å²) in [4.78, 5) is 4.62. The fourth-order valence-electron chi connectivity index (χ4n) is 1.89. The van der Waals surface area contributed by atoms with Gasteiger partial charge in [0.05, 0.1) is 12.8 Å². The third-order valence-electron chi connectivity index (χ3n) is 2.90. The molecule has 2 rings (SSSR count). The molecule has 1 aromatic carbocycles. The van der Waals surface area contributed by atoms with E-state index in [1.807, 2.05) is 24.3 Å². The van der Waals surface area contributed by atoms with Crippen molar-refractivity contribution < 1.29 is 4.74 Å². The van der Waals surface area contributed by atoms with Crippen LogP contribution in [0.3, 0.4) is 0 Å². The summed E-state index contributed by atoms with van der Waals surface area (Å²) < 4.78 is 5.11. The van der Waals surface area contributed by atoms with Gasteiger partial charge in [-0.25, -0.2) is 0 Å². The molecule has 0 amide bonds. The molecule has 1 unspecified atom stereocenters. The van der Waals surface area contributed by atoms with Crippen LogP contribution >= 0.6 is 0 Å². The van der Waals surface area contributed by atoms with Crippen LogP contribution in [0.2, 0.25) is 0 Å². The van der Waals surface area contributed by atoms with Crippen molar-refractivity contribution in [2.75, 3.05) is 20.2 Å². The molecule has 1 fully saturated rings. The molecule has 4 heteroatoms. The Hall–Kier alpha value is -1.68. The maximum absolute atomic E-state index is 7.39. The number of benzene rings is 1. The summed E-state index contributed by atoms with van der Waals surface area (Å²) in [5.74, 6) is 0.966. The third kappa shape index (κ3) is 2.91. The van der Waals surface area contributed by atoms with Crippen LogP contribution in [-0.4, -0.2) is 32.1 Å². The molecular weight excluding hydrogens is 214 g/mol. The minimum Gasteiger partial charge on any atom is -0.497 e. The zero-order valence-electron chi connectivity index (χ0n) is 9.94. The first-order chi connectivity index (χ1) is 8.33. The van der Waals surface area contributed by atoms with Gasteiger partial charge in [0.2, 0.25) is 0 Å². The van der Waals surface area contributed by atoms with Gasteiger partial charge >= 0.3 is 0 Å². The Bertz CT molecular complexity index is 411. The topological polar surface area (TPSA) is 57.5 Å². The summed E-state index contributed by atoms with van der Waals surface area (Å²) in [5, 5.41) is 10.7. The van der Waals surface area contributed by atoms with E-state index in [0.29, 0.717) is 0 Å². The summed E-state index contributed by atoms with van der Waals surface area (Å²) in [6.45, 7) is 1.76. The maximum Gasteiger partial charge on any atom is 0.119 e. The molecule has 0 bridgehead atoms. The molecule has 90 valence electrons. The zero-order valence-corrected chi connectivity index (χ0v) is 9.94. The monoisotopic (exact) mass is 231 g/mol. The number of methoxy groups -OCH3 is 1. The normalized spacial score (nSPS) is 22.4. The number of hydrogen-bond donors (Lipinski definition) is 2. The molecule has 0 spiro atoms. The lowest BCUT2D eigenvalue weighted by atomic mass is 9.98. The number of hydrogen-bond acceptors (Lipinski definition) is 4. The van der Waals surface area contributed by atoms with Crippen molar-refractivity contribution in [2.24, 2.45) is 10.9 Å². The van der Waals surface area contributed by atoms with Crippen molar-refractivity contribution in [2.45, 2.75) is 6.42 Å². The minimum atomic E-state index is 0.130. The molecule has 1 saturated heterocycles. The smallest absolute Gasteiger partial charge is 0.119 e. The van der Waals surface area contributed by atoms with Gasteiger partial charge in [-0.05, 0) is 30.7 Å². The predicted octanol–water partition coefficient (Wildman–Crippen LogP) is 2.03. The summed E-state index contributed by atoms with van der Waals surface area (Å²) in [5.41, 5.74) is 2.01. The van der Waals surface area contributed by atoms with Gasteiger partial charge in [-0.15, -0.1) is 0 Å². The van der Waals surface area contributed by atoms with E-state index in [-0.39, 0.29) is 5.92 Å². The lowest BCUT2D eigenvalue weighted by molar-refractivity contribution is 0.415. The van der Waals surface area contributed by atoms with Crippen LogP contribution in [0.15, 0.2) is 29.3 Å². The van der Waals surface area contributed by atoms with Gasteiger partial charge in [0.15, 0.2) is 0 Å². The van der Waals surface area contributed by atoms with E-state index in [2.05, 4.69) is 10.3 Å². The van der Waals surface area contributed by atoms with E-state index in [1.54, 1.807) is 7.11 Å². The second kappa shape index (κ2) is 5.59. The van der Waals surface area contributed by atoms with Crippen LogP contribution in [0.5, 0.6) is 5.75 Å². The number of nitrogens with one attached hydrogen (secondary N) is 2. The minimum absolute atomic E-state index is 0.130. The van der Waals surface area contributed by atoms with E-state index in [4.69, 9.17) is 10.1 Å². The Morgan fingerprint density at radius 2 is 2.18 bits per heavy atom. The van der Waals surface area contributed by atoms with Crippen LogP contribution in [0.1, 0.15) is 6.42 Å². The molecule has 1 heterocycles. The molecule has 0 aromatic heterocycles. The van der Waals surface area contributed by atoms with E-state index >= 15 is 0 Å². The third-order valence-corrected chi connectivity index (χ3v) is 2.90. The molecular formula is C13H17N3O. The first-order valence-electron chi connectivity index (χ1n) is 5.76. The summed E-state index contributed by atoms with van der Waals surface area (Å²) >= 11 is 0. The van der Waals surface area contributed by atoms with E-state index in [9.17, 15) is 0 Å². The molecule has 0 saturated carbocycles. The van der Waals surface area contributed by atoms with Crippen molar-refractivity contribution in [1.82, 2.24) is 5.32 Å². The Balaban J connectivity index is 2.18. The number of rotatable bonds is 3. The van der Waals surface area contributed by atoms with Crippen molar-refractivity contribution in [1.29, 1.82) is 5.41 Å². The van der Waals surface area contributed by atoms with Crippen LogP contribution < -0.4 is 10.1 Å². The van der Waals surface area contributed by atoms with Crippen LogP contribution in [-0.2, 0) is 0 Å². The largest absolute Gasteiger partial charge is 0.497 e. The van der Waals surface area contributed by atoms with Gasteiger partial charge in [-0.2, -0.15) is 0 Å². The van der Waals surface area contributed by atoms with Crippen molar-refractivity contribution in [3.05, 3.63) is 24.3 Å². The summed E-state index contributed by atoms with van der Waals surface area (Å²) in [6.07, 6.45) is 2.38. The molecule has 1 aromatic rings. The lowest BCUT2D eigenvalue weighted by Crippen LogP contribution is -2.37. The molecule has 2 N–H and O–H groups in total. The maximum atomic E-state index is 7.39. The molecule has 1 aliphatic rings. The van der Waals surface area contributed by atoms with Crippen LogP contribution in [0, 0.1) is 11.3 Å². The molecule has 0 radical (unpaired) electrons. The highest BCUT2D eigenvalue weighted by atomic mass is 16.5. The standard InChI is InChI=1S/C13H17N3O/c1-17-12-4-2-11(3-5-12)16-13-6-7-15-9-10(13)8-14/h2-5,8,10,14-15H,6-7,9H2,1H3. The number of ether oxygens (including phenoxy) is 1. The van der Waals surface area contributed by atoms with Gasteiger partial charge in [-0.3, -0.25) is 4.99 Å². The Morgan fingerprint density at radius 1 is 1.41 bits per heavy atom. The van der Waals surface area contributed by atoms with Crippen molar-refractivity contribution in [3.8, 4) is 5.75 Å². The summed E-state index contributed by atoms with van der Waals surface area (Å²) in [6, 6.07) is 7.68. The van der Waals surface area contributed by atoms with Crippen molar-refractivity contribution >= 4 is 17.6 Å². The Labute approximate surface area is 101 Å². The van der Waals surface area contributed by atoms with Crippen LogP contribution in [0.4, 0.5) is 5.69 Å². The summed E-state index contributed by atoms with van der Waals surface area (Å²) in [7, 11) is 1.65. The van der Waals surface area contributed by atoms with Gasteiger partial charge < -0.3 is 15.5 Å². The molecule has 17 heavy (non-hydrogen) atoms. The molecule has 4 nitrogen and oxygen atoms in total. The van der Waals surface area contributed by atoms with Gasteiger partial charge in [0.1, 0.15) is 5.75 Å². The highest BCUT2D eigenvalue weighted by molar-refractivity contribution is 6.00. The fourth-order valence-corrected chi connectivity index (χ4v) is 1.89. The quantitative estimate of drug-likeness (QED) is 0.782. The second-order valence-electron chi connectivity index (χ2n) is 4.03. The van der Waals surface area contributed by atoms with Crippen LogP contribution in [0.25, 0.3) is 0 Å². The molecule has 1 aliphatic heterocycles. The van der Waals surface area contributed by atoms with Crippen molar-refractivity contribution in [3.63, 3.8) is 0 Å². The van der Waals surface area contributed by atoms with E-state index in [1.165, 1.54) is 6.21 Å². The fraction of sp³-hybridized carbons (Fsp3) is 0.385. The number of aliphatic imine (C=N–C) groups is 1. The molecule has 0 aliphatic carbocycles. The van der Waals surface area contributed by atoms with Gasteiger partial charge in [0, 0.05) is 30.9 Å². The average Bonchev–Trinajstić information content (AvgIpc) is 2.40. The van der Waals surface area contributed by atoms with E-state index < -0.39 is 0 Å². The number of nitrogens with zero attached hydrogens (tertiary/aromatic N) is 1. The molecule has 1 atom stereocenters. The average molecular weight is 231 g/mol. The zero-order chi connectivity index (χ0) is 12.1. The van der Waals surface area contributed by atoms with Gasteiger partial charge in [-0.1, -0.05) is 0 Å². The second-order valence-corrected chi connectivity index (χ2v) is 4.03. The predicted molar refractivity (Wildman–Crippen MR) is 69.8 cm³/mol. The number of piperidine rings is 1. The Kier molecular flexibility index (Phi) is 3.88. The highest BCUT2D eigenvalue weighted by Crippen LogP contribution is 2.20. The first-order valence-corrected chi connectivity index (χ1v) is 5.76. The SMILES string of the molecule is COc1ccc(N=C2CCNCC2C=N)cc1. The first kappa shape index (κ1) is 11.8. The lowest BCUT2D eigenvalue weighted by Gasteiger charge is -2.21. The highest BCUT2D eigenvalue weighted by Gasteiger charge is 2.17. The Morgan fingerprint density at radius 3 is 2.82 bits per heavy atom.